The number of amides is 12. The van der Waals surface area contributed by atoms with Crippen molar-refractivity contribution in [2.24, 2.45) is 41.4 Å². The van der Waals surface area contributed by atoms with E-state index in [1.165, 1.54) is 31.2 Å². The average molecular weight is 1960 g/mol. The molecule has 12 amide bonds. The van der Waals surface area contributed by atoms with Gasteiger partial charge in [0.2, 0.25) is 53.2 Å². The normalized spacial score (nSPS) is 20.1. The third-order valence-electron chi connectivity index (χ3n) is 25.8. The van der Waals surface area contributed by atoms with Crippen LogP contribution >= 0.6 is 0 Å². The smallest absolute Gasteiger partial charge is 0.408 e. The summed E-state index contributed by atoms with van der Waals surface area (Å²) in [4.78, 5) is 195. The van der Waals surface area contributed by atoms with Crippen LogP contribution in [-0.4, -0.2) is 205 Å². The van der Waals surface area contributed by atoms with Crippen LogP contribution in [0.15, 0.2) is 127 Å². The minimum atomic E-state index is -1.17. The fourth-order valence-corrected chi connectivity index (χ4v) is 18.4. The fourth-order valence-electron chi connectivity index (χ4n) is 18.4. The molecule has 15 atom stereocenters. The van der Waals surface area contributed by atoms with E-state index >= 15 is 0 Å². The number of hydrogen-bond acceptors (Lipinski definition) is 22. The molecule has 34 nitrogen and oxygen atoms in total. The second-order valence-electron chi connectivity index (χ2n) is 40.8. The molecular weight excluding hydrogens is 1810 g/mol. The van der Waals surface area contributed by atoms with Gasteiger partial charge >= 0.3 is 24.2 Å². The zero-order chi connectivity index (χ0) is 103. The monoisotopic (exact) mass is 1960 g/mol. The van der Waals surface area contributed by atoms with Crippen LogP contribution in [0.2, 0.25) is 0 Å². The van der Waals surface area contributed by atoms with Crippen molar-refractivity contribution in [2.45, 2.75) is 367 Å². The number of ketones is 2. The average Bonchev–Trinajstić information content (AvgIpc) is 1.13. The molecule has 3 saturated heterocycles. The minimum Gasteiger partial charge on any atom is -0.463 e. The maximum Gasteiger partial charge on any atom is 0.408 e. The summed E-state index contributed by atoms with van der Waals surface area (Å²) in [6.45, 7) is 25.2. The van der Waals surface area contributed by atoms with E-state index in [1.807, 2.05) is 146 Å². The highest BCUT2D eigenvalue weighted by Crippen LogP contribution is 2.33. The van der Waals surface area contributed by atoms with Gasteiger partial charge in [-0.15, -0.1) is 0 Å². The number of rotatable bonds is 48. The molecule has 0 aromatic heterocycles. The largest absolute Gasteiger partial charge is 0.463 e. The molecule has 141 heavy (non-hydrogen) atoms. The Kier molecular flexibility index (Phi) is 48.5. The summed E-state index contributed by atoms with van der Waals surface area (Å²) in [5.41, 5.74) is 1.15. The second kappa shape index (κ2) is 59.5. The molecule has 7 fully saturated rings. The summed E-state index contributed by atoms with van der Waals surface area (Å²) in [7, 11) is 0. The van der Waals surface area contributed by atoms with Crippen LogP contribution in [0.5, 0.6) is 0 Å². The number of benzene rings is 3. The van der Waals surface area contributed by atoms with Crippen molar-refractivity contribution in [1.29, 1.82) is 0 Å². The lowest BCUT2D eigenvalue weighted by molar-refractivity contribution is -0.137. The first-order valence-electron chi connectivity index (χ1n) is 51.1. The molecule has 3 heterocycles. The molecule has 34 heteroatoms. The van der Waals surface area contributed by atoms with E-state index in [2.05, 4.69) is 63.8 Å². The molecule has 3 aliphatic heterocycles. The standard InChI is InChI=1S/C37H54N4O7.C36H54N4O8.C34H50N4O7/c1-24(48-37(2,3)4)32(41-36(46)47-23-26-13-9-6-10-14-26)35(45)40-30(21-25-11-7-5-8-12-25)34(44)39-29(17-18-31(42)27-15-16-27)22-28-19-20-38-33(28)43;1-6-46-30(41)18-17-28(22-27-19-20-37-32(27)42)38-33(43)29(21-25-13-9-7-10-14-25)39-34(44)31(24(2)48-36(3,4)5)40-35(45)47-23-26-15-11-8-12-16-26;1-22(2)19-29(32(41)36-27(16-15-23(3)39)20-26-17-18-35-31(26)40)37-33(42)30(24(4)45-28-13-9-6-10-14-28)38-34(43)44-21-25-11-7-5-8-12-25/h6,9-10,13-14,17-18,24-25,27-30,32H,5,7-8,11-12,15-16,19-23H2,1-4H3,(H,38,43)(H,39,44)(H,40,45)(H,41,46);8,11-12,15-18,24-25,27-29,31H,6-7,9-10,13-14,19-23H2,1-5H3,(H,37,42)(H,38,43)(H,39,44)(H,40,45);5,7-8,11-12,15-16,22,24,26-30H,6,9-10,13-14,17-21H2,1-4H3,(H,35,40)(H,36,41)(H,37,42)(H,38,43)/b2*18-17+;16-15+/t24?,28?,29-,30+,32+;24?,27-,28+,29-,31-;24?,26-,27+,29-,30-/m100/s1. The van der Waals surface area contributed by atoms with E-state index in [1.54, 1.807) is 39.8 Å². The van der Waals surface area contributed by atoms with Crippen LogP contribution in [0.1, 0.15) is 274 Å². The summed E-state index contributed by atoms with van der Waals surface area (Å²) in [5, 5.41) is 34.1. The lowest BCUT2D eigenvalue weighted by Gasteiger charge is -2.32. The Bertz CT molecular complexity index is 4600. The van der Waals surface area contributed by atoms with Gasteiger partial charge < -0.3 is 97.0 Å². The molecule has 778 valence electrons. The number of carbonyl (C=O) groups is 15. The first-order valence-corrected chi connectivity index (χ1v) is 51.1. The van der Waals surface area contributed by atoms with Gasteiger partial charge in [-0.2, -0.15) is 0 Å². The molecule has 4 unspecified atom stereocenters. The quantitative estimate of drug-likeness (QED) is 0.0142. The lowest BCUT2D eigenvalue weighted by atomic mass is 9.84. The third-order valence-corrected chi connectivity index (χ3v) is 25.8. The first-order chi connectivity index (χ1) is 67.2. The number of alkyl carbamates (subject to hydrolysis) is 3. The summed E-state index contributed by atoms with van der Waals surface area (Å²) >= 11 is 0. The van der Waals surface area contributed by atoms with Crippen LogP contribution in [0.4, 0.5) is 14.4 Å². The molecule has 7 aliphatic rings. The first kappa shape index (κ1) is 115. The van der Waals surface area contributed by atoms with Gasteiger partial charge in [-0.25, -0.2) is 19.2 Å². The van der Waals surface area contributed by atoms with Gasteiger partial charge in [-0.1, -0.05) is 207 Å². The highest BCUT2D eigenvalue weighted by molar-refractivity contribution is 5.96. The number of carbonyl (C=O) groups excluding carboxylic acids is 15. The van der Waals surface area contributed by atoms with Gasteiger partial charge in [0.05, 0.1) is 42.2 Å². The van der Waals surface area contributed by atoms with Crippen LogP contribution < -0.4 is 63.8 Å². The molecule has 4 aliphatic carbocycles. The Morgan fingerprint density at radius 3 is 1.04 bits per heavy atom. The Labute approximate surface area is 832 Å². The molecular formula is C107H158N12O22. The summed E-state index contributed by atoms with van der Waals surface area (Å²) < 4.78 is 39.7. The Morgan fingerprint density at radius 2 is 0.709 bits per heavy atom. The fraction of sp³-hybridized carbons (Fsp3) is 0.636. The van der Waals surface area contributed by atoms with Crippen LogP contribution in [-0.2, 0) is 111 Å². The van der Waals surface area contributed by atoms with Crippen LogP contribution in [0.25, 0.3) is 0 Å². The van der Waals surface area contributed by atoms with Gasteiger partial charge in [-0.3, -0.25) is 52.7 Å². The van der Waals surface area contributed by atoms with E-state index in [0.717, 1.165) is 126 Å². The van der Waals surface area contributed by atoms with Gasteiger partial charge in [-0.05, 0) is 206 Å². The minimum absolute atomic E-state index is 0.0158. The van der Waals surface area contributed by atoms with E-state index in [4.69, 9.17) is 33.2 Å². The Balaban J connectivity index is 0.000000259. The molecule has 3 aromatic rings. The second-order valence-corrected chi connectivity index (χ2v) is 40.8. The number of esters is 1. The molecule has 0 radical (unpaired) electrons. The molecule has 4 saturated carbocycles. The van der Waals surface area contributed by atoms with Gasteiger partial charge in [0.15, 0.2) is 11.6 Å². The van der Waals surface area contributed by atoms with Crippen LogP contribution in [0.3, 0.4) is 0 Å². The molecule has 12 N–H and O–H groups in total. The van der Waals surface area contributed by atoms with Crippen molar-refractivity contribution in [3.63, 3.8) is 0 Å². The third kappa shape index (κ3) is 43.9. The number of nitrogens with one attached hydrogen (secondary N) is 12. The van der Waals surface area contributed by atoms with Crippen molar-refractivity contribution in [3.05, 3.63) is 144 Å². The van der Waals surface area contributed by atoms with E-state index in [9.17, 15) is 71.9 Å². The van der Waals surface area contributed by atoms with Crippen molar-refractivity contribution in [2.75, 3.05) is 26.2 Å². The Morgan fingerprint density at radius 1 is 0.376 bits per heavy atom. The summed E-state index contributed by atoms with van der Waals surface area (Å²) in [6, 6.07) is 19.6. The van der Waals surface area contributed by atoms with Crippen molar-refractivity contribution in [1.82, 2.24) is 63.8 Å². The molecule has 0 spiro atoms. The number of allylic oxidation sites excluding steroid dienone is 2. The van der Waals surface area contributed by atoms with Crippen LogP contribution in [0, 0.1) is 41.4 Å². The van der Waals surface area contributed by atoms with Crippen molar-refractivity contribution >= 4 is 89.0 Å². The van der Waals surface area contributed by atoms with Crippen molar-refractivity contribution < 1.29 is 105 Å². The summed E-state index contributed by atoms with van der Waals surface area (Å²) in [6.07, 6.45) is 25.4. The zero-order valence-corrected chi connectivity index (χ0v) is 85.0. The lowest BCUT2D eigenvalue weighted by Crippen LogP contribution is -2.59. The predicted molar refractivity (Wildman–Crippen MR) is 532 cm³/mol. The number of hydrogen-bond donors (Lipinski definition) is 12. The maximum atomic E-state index is 14.0. The highest BCUT2D eigenvalue weighted by Gasteiger charge is 2.42. The molecule has 0 bridgehead atoms. The highest BCUT2D eigenvalue weighted by atomic mass is 16.6. The Hall–Kier alpha value is -11.4. The molecule has 10 rings (SSSR count). The van der Waals surface area contributed by atoms with E-state index in [0.29, 0.717) is 71.0 Å². The van der Waals surface area contributed by atoms with E-state index < -0.39 is 144 Å². The SMILES string of the molecule is CC(=O)/C=C/[C@H](C[C@@H]1CCNC1=O)NC(=O)[C@H](CC(C)C)NC(=O)[C@@H](NC(=O)OCc1ccccc1)C(C)OC1CCCCC1.CC(OC(C)(C)C)[C@H](NC(=O)OCc1ccccc1)C(=O)N[C@@H](CC1CCCCC1)C(=O)N[C@H](/C=C/C(=O)C1CC1)CC1CCNC1=O.CCOC(=O)/C=C/[C@H](C[C@@H]1CCNC1=O)NC(=O)[C@H](CC1CCCCC1)NC(=O)[C@@H](NC(=O)OCc1ccccc1)C(C)OC(C)(C)C. The van der Waals surface area contributed by atoms with Gasteiger partial charge in [0.1, 0.15) is 56.1 Å². The van der Waals surface area contributed by atoms with Crippen molar-refractivity contribution in [3.8, 4) is 0 Å². The predicted octanol–water partition coefficient (Wildman–Crippen LogP) is 12.3. The number of ether oxygens (including phenoxy) is 7. The van der Waals surface area contributed by atoms with Gasteiger partial charge in [0.25, 0.3) is 0 Å². The maximum absolute atomic E-state index is 14.0. The van der Waals surface area contributed by atoms with Gasteiger partial charge in [0, 0.05) is 67.5 Å². The molecule has 3 aromatic carbocycles. The van der Waals surface area contributed by atoms with E-state index in [-0.39, 0.29) is 110 Å². The summed E-state index contributed by atoms with van der Waals surface area (Å²) in [5.74, 6) is -4.34. The zero-order valence-electron chi connectivity index (χ0n) is 85.0. The topological polar surface area (TPSA) is 465 Å².